The molecule has 1 unspecified atom stereocenters. The van der Waals surface area contributed by atoms with Crippen LogP contribution in [0.15, 0.2) is 27.6 Å². The zero-order chi connectivity index (χ0) is 13.8. The number of nitrogens with one attached hydrogen (secondary N) is 1. The second-order valence-electron chi connectivity index (χ2n) is 3.71. The number of sulfonamides is 1. The number of benzene rings is 1. The summed E-state index contributed by atoms with van der Waals surface area (Å²) in [6.45, 7) is 0.247. The van der Waals surface area contributed by atoms with E-state index >= 15 is 0 Å². The van der Waals surface area contributed by atoms with Crippen molar-refractivity contribution in [2.75, 3.05) is 24.3 Å². The summed E-state index contributed by atoms with van der Waals surface area (Å²) in [5.41, 5.74) is 5.85. The molecule has 3 N–H and O–H groups in total. The third-order valence-electron chi connectivity index (χ3n) is 2.16. The molecule has 1 atom stereocenters. The molecule has 0 aliphatic carbocycles. The molecule has 102 valence electrons. The first-order valence-corrected chi connectivity index (χ1v) is 9.18. The van der Waals surface area contributed by atoms with Gasteiger partial charge >= 0.3 is 0 Å². The van der Waals surface area contributed by atoms with Crippen molar-refractivity contribution in [1.82, 2.24) is 4.72 Å². The summed E-state index contributed by atoms with van der Waals surface area (Å²) < 4.78 is 37.8. The standard InChI is InChI=1S/C10H15BrN2O3S2/c1-17(14)6-2-5-13-18(15,16)10-4-3-8(11)7-9(10)12/h3-4,7,13H,2,5-6,12H2,1H3. The predicted octanol–water partition coefficient (Wildman–Crippen LogP) is 1.08. The maximum absolute atomic E-state index is 11.9. The molecule has 0 spiro atoms. The highest BCUT2D eigenvalue weighted by Gasteiger charge is 2.16. The second kappa shape index (κ2) is 6.65. The molecule has 0 bridgehead atoms. The van der Waals surface area contributed by atoms with E-state index in [1.807, 2.05) is 0 Å². The lowest BCUT2D eigenvalue weighted by molar-refractivity contribution is 0.581. The molecule has 0 aliphatic rings. The van der Waals surface area contributed by atoms with Crippen LogP contribution in [0.1, 0.15) is 6.42 Å². The highest BCUT2D eigenvalue weighted by molar-refractivity contribution is 9.10. The van der Waals surface area contributed by atoms with Crippen LogP contribution < -0.4 is 10.5 Å². The van der Waals surface area contributed by atoms with Crippen molar-refractivity contribution in [3.63, 3.8) is 0 Å². The van der Waals surface area contributed by atoms with Gasteiger partial charge in [-0.3, -0.25) is 4.21 Å². The van der Waals surface area contributed by atoms with Gasteiger partial charge < -0.3 is 5.73 Å². The molecule has 1 aromatic carbocycles. The smallest absolute Gasteiger partial charge is 0.242 e. The van der Waals surface area contributed by atoms with Crippen molar-refractivity contribution < 1.29 is 12.6 Å². The van der Waals surface area contributed by atoms with E-state index in [0.29, 0.717) is 12.2 Å². The van der Waals surface area contributed by atoms with Gasteiger partial charge in [0.25, 0.3) is 0 Å². The number of hydrogen-bond acceptors (Lipinski definition) is 4. The zero-order valence-electron chi connectivity index (χ0n) is 9.85. The quantitative estimate of drug-likeness (QED) is 0.590. The van der Waals surface area contributed by atoms with Crippen LogP contribution in [0.2, 0.25) is 0 Å². The number of nitrogen functional groups attached to an aromatic ring is 1. The van der Waals surface area contributed by atoms with Crippen molar-refractivity contribution in [1.29, 1.82) is 0 Å². The molecule has 1 aromatic rings. The molecule has 0 radical (unpaired) electrons. The fraction of sp³-hybridized carbons (Fsp3) is 0.400. The average molecular weight is 355 g/mol. The molecule has 18 heavy (non-hydrogen) atoms. The third-order valence-corrected chi connectivity index (χ3v) is 5.05. The summed E-state index contributed by atoms with van der Waals surface area (Å²) in [7, 11) is -4.51. The SMILES string of the molecule is CS(=O)CCCNS(=O)(=O)c1ccc(Br)cc1N. The number of hydrogen-bond donors (Lipinski definition) is 2. The van der Waals surface area contributed by atoms with Gasteiger partial charge in [0.15, 0.2) is 0 Å². The van der Waals surface area contributed by atoms with Crippen LogP contribution in [0.3, 0.4) is 0 Å². The topological polar surface area (TPSA) is 89.3 Å². The second-order valence-corrected chi connectivity index (χ2v) is 7.92. The normalized spacial score (nSPS) is 13.4. The lowest BCUT2D eigenvalue weighted by atomic mass is 10.3. The summed E-state index contributed by atoms with van der Waals surface area (Å²) in [6.07, 6.45) is 2.11. The van der Waals surface area contributed by atoms with Gasteiger partial charge in [0.2, 0.25) is 10.0 Å². The molecule has 0 aromatic heterocycles. The fourth-order valence-electron chi connectivity index (χ4n) is 1.32. The van der Waals surface area contributed by atoms with Crippen molar-refractivity contribution >= 4 is 42.4 Å². The predicted molar refractivity (Wildman–Crippen MR) is 77.3 cm³/mol. The van der Waals surface area contributed by atoms with Crippen molar-refractivity contribution in [2.45, 2.75) is 11.3 Å². The Balaban J connectivity index is 2.71. The molecule has 8 heteroatoms. The van der Waals surface area contributed by atoms with Gasteiger partial charge in [-0.15, -0.1) is 0 Å². The average Bonchev–Trinajstić information content (AvgIpc) is 2.23. The van der Waals surface area contributed by atoms with Crippen LogP contribution in [0, 0.1) is 0 Å². The Morgan fingerprint density at radius 1 is 1.44 bits per heavy atom. The van der Waals surface area contributed by atoms with E-state index in [1.54, 1.807) is 12.3 Å². The Morgan fingerprint density at radius 2 is 2.11 bits per heavy atom. The molecule has 5 nitrogen and oxygen atoms in total. The first-order chi connectivity index (χ1) is 8.33. The molecule has 0 fully saturated rings. The molecule has 0 aliphatic heterocycles. The van der Waals surface area contributed by atoms with Crippen LogP contribution >= 0.6 is 15.9 Å². The summed E-state index contributed by atoms with van der Waals surface area (Å²) in [4.78, 5) is 0.0586. The van der Waals surface area contributed by atoms with Gasteiger partial charge in [-0.2, -0.15) is 0 Å². The first kappa shape index (κ1) is 15.6. The number of rotatable bonds is 6. The first-order valence-electron chi connectivity index (χ1n) is 5.17. The number of nitrogens with two attached hydrogens (primary N) is 1. The molecule has 1 rings (SSSR count). The highest BCUT2D eigenvalue weighted by atomic mass is 79.9. The van der Waals surface area contributed by atoms with E-state index in [4.69, 9.17) is 5.73 Å². The lowest BCUT2D eigenvalue weighted by Crippen LogP contribution is -2.26. The summed E-state index contributed by atoms with van der Waals surface area (Å²) in [6, 6.07) is 4.60. The van der Waals surface area contributed by atoms with Crippen molar-refractivity contribution in [2.24, 2.45) is 0 Å². The Kier molecular flexibility index (Phi) is 5.77. The minimum Gasteiger partial charge on any atom is -0.398 e. The monoisotopic (exact) mass is 354 g/mol. The molecule has 0 saturated carbocycles. The molecule has 0 heterocycles. The highest BCUT2D eigenvalue weighted by Crippen LogP contribution is 2.22. The van der Waals surface area contributed by atoms with Crippen LogP contribution in [-0.4, -0.2) is 31.2 Å². The van der Waals surface area contributed by atoms with E-state index in [1.165, 1.54) is 12.1 Å². The van der Waals surface area contributed by atoms with Gasteiger partial charge in [-0.1, -0.05) is 15.9 Å². The van der Waals surface area contributed by atoms with E-state index in [0.717, 1.165) is 4.47 Å². The summed E-state index contributed by atoms with van der Waals surface area (Å²) in [5, 5.41) is 0. The van der Waals surface area contributed by atoms with E-state index in [-0.39, 0.29) is 17.1 Å². The van der Waals surface area contributed by atoms with E-state index in [9.17, 15) is 12.6 Å². The van der Waals surface area contributed by atoms with Gasteiger partial charge in [0.05, 0.1) is 5.69 Å². The van der Waals surface area contributed by atoms with Crippen LogP contribution in [0.25, 0.3) is 0 Å². The maximum Gasteiger partial charge on any atom is 0.242 e. The van der Waals surface area contributed by atoms with Crippen molar-refractivity contribution in [3.05, 3.63) is 22.7 Å². The summed E-state index contributed by atoms with van der Waals surface area (Å²) >= 11 is 3.21. The van der Waals surface area contributed by atoms with Crippen molar-refractivity contribution in [3.8, 4) is 0 Å². The van der Waals surface area contributed by atoms with Gasteiger partial charge in [0.1, 0.15) is 4.90 Å². The Bertz CT molecular complexity index is 546. The lowest BCUT2D eigenvalue weighted by Gasteiger charge is -2.09. The number of halogens is 1. The van der Waals surface area contributed by atoms with Crippen LogP contribution in [-0.2, 0) is 20.8 Å². The Morgan fingerprint density at radius 3 is 2.67 bits per heavy atom. The van der Waals surface area contributed by atoms with E-state index in [2.05, 4.69) is 20.7 Å². The molecular formula is C10H15BrN2O3S2. The largest absolute Gasteiger partial charge is 0.398 e. The Hall–Kier alpha value is -0.440. The van der Waals surface area contributed by atoms with E-state index < -0.39 is 20.8 Å². The molecule has 0 saturated heterocycles. The van der Waals surface area contributed by atoms with Gasteiger partial charge in [0, 0.05) is 33.8 Å². The maximum atomic E-state index is 11.9. The minimum absolute atomic E-state index is 0.0586. The number of anilines is 1. The zero-order valence-corrected chi connectivity index (χ0v) is 13.1. The van der Waals surface area contributed by atoms with Gasteiger partial charge in [-0.25, -0.2) is 13.1 Å². The van der Waals surface area contributed by atoms with Gasteiger partial charge in [-0.05, 0) is 24.6 Å². The molecular weight excluding hydrogens is 340 g/mol. The van der Waals surface area contributed by atoms with Crippen LogP contribution in [0.4, 0.5) is 5.69 Å². The van der Waals surface area contributed by atoms with Crippen LogP contribution in [0.5, 0.6) is 0 Å². The fourth-order valence-corrected chi connectivity index (χ4v) is 3.44. The minimum atomic E-state index is -3.60. The third kappa shape index (κ3) is 4.68. The molecule has 0 amide bonds. The Labute approximate surface area is 118 Å². The summed E-state index contributed by atoms with van der Waals surface area (Å²) in [5.74, 6) is 0.471.